The maximum absolute atomic E-state index is 6.21. The zero-order valence-electron chi connectivity index (χ0n) is 12.8. The van der Waals surface area contributed by atoms with Crippen LogP contribution in [0.4, 0.5) is 17.2 Å². The van der Waals surface area contributed by atoms with E-state index in [-0.39, 0.29) is 0 Å². The van der Waals surface area contributed by atoms with Crippen molar-refractivity contribution < 1.29 is 0 Å². The van der Waals surface area contributed by atoms with Crippen LogP contribution in [0.3, 0.4) is 0 Å². The quantitative estimate of drug-likeness (QED) is 0.582. The highest BCUT2D eigenvalue weighted by atomic mass is 35.5. The largest absolute Gasteiger partial charge is 0.394 e. The number of nitrogen functional groups attached to an aromatic ring is 1. The van der Waals surface area contributed by atoms with E-state index in [4.69, 9.17) is 28.9 Å². The molecule has 0 aliphatic heterocycles. The first-order valence-electron chi connectivity index (χ1n) is 7.10. The third-order valence-corrected chi connectivity index (χ3v) is 5.03. The van der Waals surface area contributed by atoms with Gasteiger partial charge in [-0.2, -0.15) is 0 Å². The van der Waals surface area contributed by atoms with Crippen molar-refractivity contribution in [2.24, 2.45) is 0 Å². The second-order valence-corrected chi connectivity index (χ2v) is 6.99. The first-order chi connectivity index (χ1) is 11.5. The Morgan fingerprint density at radius 3 is 2.46 bits per heavy atom. The van der Waals surface area contributed by atoms with Crippen LogP contribution in [0.1, 0.15) is 5.56 Å². The van der Waals surface area contributed by atoms with Crippen LogP contribution < -0.4 is 11.1 Å². The average molecular weight is 377 g/mol. The van der Waals surface area contributed by atoms with Gasteiger partial charge in [-0.25, -0.2) is 9.97 Å². The van der Waals surface area contributed by atoms with Gasteiger partial charge in [0.15, 0.2) is 5.82 Å². The molecule has 0 aliphatic carbocycles. The number of hydrogen-bond acceptors (Lipinski definition) is 5. The second kappa shape index (κ2) is 7.30. The number of rotatable bonds is 4. The fraction of sp³-hybridized carbons (Fsp3) is 0.0588. The Labute approximate surface area is 154 Å². The number of benzene rings is 2. The summed E-state index contributed by atoms with van der Waals surface area (Å²) in [7, 11) is 0. The molecule has 1 heterocycles. The van der Waals surface area contributed by atoms with Crippen molar-refractivity contribution in [3.8, 4) is 0 Å². The molecule has 3 rings (SSSR count). The van der Waals surface area contributed by atoms with Crippen LogP contribution in [0.5, 0.6) is 0 Å². The second-order valence-electron chi connectivity index (χ2n) is 5.11. The molecule has 0 fully saturated rings. The minimum Gasteiger partial charge on any atom is -0.394 e. The predicted molar refractivity (Wildman–Crippen MR) is 101 cm³/mol. The Kier molecular flexibility index (Phi) is 5.14. The Morgan fingerprint density at radius 2 is 1.75 bits per heavy atom. The molecule has 24 heavy (non-hydrogen) atoms. The maximum atomic E-state index is 6.21. The summed E-state index contributed by atoms with van der Waals surface area (Å²) in [5.41, 5.74) is 8.65. The van der Waals surface area contributed by atoms with Crippen molar-refractivity contribution in [3.63, 3.8) is 0 Å². The fourth-order valence-corrected chi connectivity index (χ4v) is 3.09. The fourth-order valence-electron chi connectivity index (χ4n) is 1.99. The predicted octanol–water partition coefficient (Wildman–Crippen LogP) is 5.57. The lowest BCUT2D eigenvalue weighted by Gasteiger charge is -2.11. The molecule has 0 bridgehead atoms. The molecule has 0 amide bonds. The van der Waals surface area contributed by atoms with Crippen LogP contribution in [0.15, 0.2) is 58.7 Å². The van der Waals surface area contributed by atoms with Crippen LogP contribution in [-0.2, 0) is 0 Å². The molecule has 2 aromatic carbocycles. The lowest BCUT2D eigenvalue weighted by Crippen LogP contribution is -2.02. The van der Waals surface area contributed by atoms with Gasteiger partial charge in [-0.15, -0.1) is 0 Å². The molecule has 1 aromatic heterocycles. The Balaban J connectivity index is 1.84. The van der Waals surface area contributed by atoms with Gasteiger partial charge in [0.2, 0.25) is 0 Å². The van der Waals surface area contributed by atoms with Crippen molar-refractivity contribution >= 4 is 52.2 Å². The van der Waals surface area contributed by atoms with Gasteiger partial charge in [-0.3, -0.25) is 0 Å². The first-order valence-corrected chi connectivity index (χ1v) is 8.67. The topological polar surface area (TPSA) is 63.8 Å². The number of nitrogens with one attached hydrogen (secondary N) is 1. The zero-order valence-corrected chi connectivity index (χ0v) is 15.1. The summed E-state index contributed by atoms with van der Waals surface area (Å²) < 4.78 is 0. The van der Waals surface area contributed by atoms with E-state index in [0.29, 0.717) is 26.6 Å². The molecule has 0 unspecified atom stereocenters. The van der Waals surface area contributed by atoms with E-state index in [1.54, 1.807) is 12.1 Å². The maximum Gasteiger partial charge on any atom is 0.158 e. The molecule has 0 radical (unpaired) electrons. The summed E-state index contributed by atoms with van der Waals surface area (Å²) in [6.07, 6.45) is 1.48. The number of nitrogens with zero attached hydrogens (tertiary/aromatic N) is 2. The number of aryl methyl sites for hydroxylation is 1. The molecule has 0 saturated carbocycles. The van der Waals surface area contributed by atoms with Gasteiger partial charge in [-0.1, -0.05) is 52.7 Å². The Hall–Kier alpha value is -1.95. The highest BCUT2D eigenvalue weighted by molar-refractivity contribution is 7.99. The van der Waals surface area contributed by atoms with Gasteiger partial charge in [0, 0.05) is 10.6 Å². The normalized spacial score (nSPS) is 10.6. The van der Waals surface area contributed by atoms with Gasteiger partial charge < -0.3 is 11.1 Å². The van der Waals surface area contributed by atoms with Crippen LogP contribution in [-0.4, -0.2) is 9.97 Å². The number of anilines is 3. The molecular formula is C17H14Cl2N4S. The van der Waals surface area contributed by atoms with E-state index in [2.05, 4.69) is 27.4 Å². The van der Waals surface area contributed by atoms with Crippen molar-refractivity contribution in [1.29, 1.82) is 0 Å². The van der Waals surface area contributed by atoms with E-state index in [1.165, 1.54) is 23.7 Å². The average Bonchev–Trinajstić information content (AvgIpc) is 2.57. The van der Waals surface area contributed by atoms with Crippen LogP contribution in [0, 0.1) is 6.92 Å². The molecule has 4 nitrogen and oxygen atoms in total. The van der Waals surface area contributed by atoms with E-state index in [0.717, 1.165) is 10.6 Å². The summed E-state index contributed by atoms with van der Waals surface area (Å²) in [4.78, 5) is 9.54. The lowest BCUT2D eigenvalue weighted by molar-refractivity contribution is 1.06. The van der Waals surface area contributed by atoms with Crippen molar-refractivity contribution in [2.75, 3.05) is 11.1 Å². The molecule has 0 atom stereocenters. The summed E-state index contributed by atoms with van der Waals surface area (Å²) in [6, 6.07) is 13.4. The molecule has 3 N–H and O–H groups in total. The Morgan fingerprint density at radius 1 is 1.00 bits per heavy atom. The summed E-state index contributed by atoms with van der Waals surface area (Å²) in [6.45, 7) is 2.05. The number of hydrogen-bond donors (Lipinski definition) is 2. The van der Waals surface area contributed by atoms with Gasteiger partial charge in [0.05, 0.1) is 10.0 Å². The minimum absolute atomic E-state index is 0.462. The molecule has 122 valence electrons. The smallest absolute Gasteiger partial charge is 0.158 e. The summed E-state index contributed by atoms with van der Waals surface area (Å²) >= 11 is 13.4. The third kappa shape index (κ3) is 3.93. The highest BCUT2D eigenvalue weighted by Gasteiger charge is 2.10. The van der Waals surface area contributed by atoms with E-state index in [9.17, 15) is 0 Å². The molecule has 0 saturated heterocycles. The van der Waals surface area contributed by atoms with E-state index < -0.39 is 0 Å². The number of halogens is 2. The molecule has 7 heteroatoms. The number of aromatic nitrogens is 2. The van der Waals surface area contributed by atoms with Crippen molar-refractivity contribution in [1.82, 2.24) is 9.97 Å². The van der Waals surface area contributed by atoms with E-state index >= 15 is 0 Å². The zero-order chi connectivity index (χ0) is 17.1. The molecule has 0 spiro atoms. The minimum atomic E-state index is 0.462. The van der Waals surface area contributed by atoms with Crippen LogP contribution in [0.25, 0.3) is 0 Å². The third-order valence-electron chi connectivity index (χ3n) is 3.27. The summed E-state index contributed by atoms with van der Waals surface area (Å²) in [5, 5.41) is 4.79. The Bertz CT molecular complexity index is 869. The SMILES string of the molecule is Cc1ccc(Sc2ncnc(Nc3ccc(Cl)c(Cl)c3)c2N)cc1. The molecule has 3 aromatic rings. The van der Waals surface area contributed by atoms with E-state index in [1.807, 2.05) is 25.1 Å². The van der Waals surface area contributed by atoms with Crippen molar-refractivity contribution in [2.45, 2.75) is 16.8 Å². The van der Waals surface area contributed by atoms with Crippen LogP contribution >= 0.6 is 35.0 Å². The van der Waals surface area contributed by atoms with Gasteiger partial charge in [0.25, 0.3) is 0 Å². The molecule has 0 aliphatic rings. The van der Waals surface area contributed by atoms with Gasteiger partial charge in [0.1, 0.15) is 17.0 Å². The van der Waals surface area contributed by atoms with Gasteiger partial charge in [-0.05, 0) is 37.3 Å². The monoisotopic (exact) mass is 376 g/mol. The van der Waals surface area contributed by atoms with Crippen LogP contribution in [0.2, 0.25) is 10.0 Å². The summed E-state index contributed by atoms with van der Waals surface area (Å²) in [5.74, 6) is 0.526. The number of nitrogens with two attached hydrogens (primary N) is 1. The molecular weight excluding hydrogens is 363 g/mol. The van der Waals surface area contributed by atoms with Crippen molar-refractivity contribution in [3.05, 3.63) is 64.4 Å². The lowest BCUT2D eigenvalue weighted by atomic mass is 10.2. The highest BCUT2D eigenvalue weighted by Crippen LogP contribution is 2.34. The standard InChI is InChI=1S/C17H14Cl2N4S/c1-10-2-5-12(6-3-10)24-17-15(20)16(21-9-22-17)23-11-4-7-13(18)14(19)8-11/h2-9H,20H2,1H3,(H,21,22,23). The first kappa shape index (κ1) is 16.9. The van der Waals surface area contributed by atoms with Gasteiger partial charge >= 0.3 is 0 Å².